The zero-order valence-electron chi connectivity index (χ0n) is 29.7. The van der Waals surface area contributed by atoms with Crippen molar-refractivity contribution < 1.29 is 0 Å². The van der Waals surface area contributed by atoms with E-state index < -0.39 is 0 Å². The van der Waals surface area contributed by atoms with Gasteiger partial charge in [0.05, 0.1) is 21.4 Å². The van der Waals surface area contributed by atoms with E-state index in [1.165, 1.54) is 120 Å². The summed E-state index contributed by atoms with van der Waals surface area (Å²) < 4.78 is 5.09. The quantitative estimate of drug-likeness (QED) is 0.168. The van der Waals surface area contributed by atoms with Crippen molar-refractivity contribution in [1.82, 2.24) is 4.57 Å². The van der Waals surface area contributed by atoms with Crippen LogP contribution in [-0.4, -0.2) is 4.57 Å². The van der Waals surface area contributed by atoms with Gasteiger partial charge in [0.1, 0.15) is 0 Å². The molecule has 12 rings (SSSR count). The van der Waals surface area contributed by atoms with Gasteiger partial charge in [-0.1, -0.05) is 128 Å². The molecule has 9 aromatic rings. The SMILES string of the molecule is c1cc(-c2ccc(N(c3ccccc3C34CCCCC(C3)C4)c3cccc4c3sc3ccccc34)cc2)cc(-n2c3ccccc3c3ccccc32)c1. The molecule has 3 aliphatic rings. The lowest BCUT2D eigenvalue weighted by atomic mass is 9.57. The third-order valence-electron chi connectivity index (χ3n) is 12.4. The Morgan fingerprint density at radius 1 is 0.547 bits per heavy atom. The average Bonchev–Trinajstić information content (AvgIpc) is 3.56. The van der Waals surface area contributed by atoms with Crippen molar-refractivity contribution in [3.8, 4) is 16.8 Å². The summed E-state index contributed by atoms with van der Waals surface area (Å²) in [4.78, 5) is 2.58. The van der Waals surface area contributed by atoms with Crippen molar-refractivity contribution in [2.24, 2.45) is 5.92 Å². The predicted molar refractivity (Wildman–Crippen MR) is 227 cm³/mol. The fourth-order valence-corrected chi connectivity index (χ4v) is 11.2. The maximum Gasteiger partial charge on any atom is 0.0640 e. The highest BCUT2D eigenvalue weighted by molar-refractivity contribution is 7.26. The van der Waals surface area contributed by atoms with E-state index in [-0.39, 0.29) is 5.41 Å². The second-order valence-electron chi connectivity index (χ2n) is 15.4. The molecule has 0 unspecified atom stereocenters. The van der Waals surface area contributed by atoms with Crippen LogP contribution in [0.15, 0.2) is 164 Å². The molecule has 2 bridgehead atoms. The second-order valence-corrected chi connectivity index (χ2v) is 16.4. The Morgan fingerprint density at radius 3 is 2.02 bits per heavy atom. The summed E-state index contributed by atoms with van der Waals surface area (Å²) in [5.74, 6) is 0.877. The molecule has 3 aliphatic carbocycles. The van der Waals surface area contributed by atoms with E-state index in [1.807, 2.05) is 11.3 Å². The topological polar surface area (TPSA) is 8.17 Å². The van der Waals surface area contributed by atoms with Gasteiger partial charge in [0.15, 0.2) is 0 Å². The van der Waals surface area contributed by atoms with Gasteiger partial charge in [-0.05, 0) is 102 Å². The molecular formula is C50H40N2S. The number of rotatable bonds is 6. The van der Waals surface area contributed by atoms with Crippen LogP contribution < -0.4 is 4.90 Å². The van der Waals surface area contributed by atoms with Crippen LogP contribution in [0, 0.1) is 5.92 Å². The standard InChI is InChI=1S/C50H40N2S/c1-5-21-44-39(16-1)40-17-2-6-22-45(40)52(44)38-15-11-14-36(31-38)35-26-28-37(29-27-35)51(47-24-12-19-42-41-18-3-8-25-48(41)53-49(42)47)46-23-7-4-20-43(46)50-30-10-9-13-34(32-50)33-50/h1-8,11-12,14-29,31,34H,9-10,13,30,32-33H2. The molecule has 0 spiro atoms. The molecular weight excluding hydrogens is 661 g/mol. The van der Waals surface area contributed by atoms with Crippen LogP contribution in [0.25, 0.3) is 58.8 Å². The molecule has 0 N–H and O–H groups in total. The molecule has 53 heavy (non-hydrogen) atoms. The summed E-state index contributed by atoms with van der Waals surface area (Å²) >= 11 is 1.92. The summed E-state index contributed by atoms with van der Waals surface area (Å²) in [6, 6.07) is 61.0. The van der Waals surface area contributed by atoms with Crippen LogP contribution >= 0.6 is 11.3 Å². The molecule has 3 heteroatoms. The Morgan fingerprint density at radius 2 is 1.21 bits per heavy atom. The van der Waals surface area contributed by atoms with Crippen LogP contribution in [0.1, 0.15) is 44.1 Å². The summed E-state index contributed by atoms with van der Waals surface area (Å²) in [5, 5.41) is 5.24. The number of anilines is 3. The number of fused-ring (bicyclic) bond motifs is 9. The van der Waals surface area contributed by atoms with Gasteiger partial charge in [0, 0.05) is 43.3 Å². The molecule has 0 radical (unpaired) electrons. The molecule has 2 heterocycles. The Kier molecular flexibility index (Phi) is 7.13. The van der Waals surface area contributed by atoms with Crippen molar-refractivity contribution in [3.63, 3.8) is 0 Å². The van der Waals surface area contributed by atoms with Crippen LogP contribution in [0.2, 0.25) is 0 Å². The fourth-order valence-electron chi connectivity index (χ4n) is 9.97. The minimum absolute atomic E-state index is 0.275. The smallest absolute Gasteiger partial charge is 0.0640 e. The molecule has 0 saturated heterocycles. The van der Waals surface area contributed by atoms with Crippen LogP contribution in [0.3, 0.4) is 0 Å². The lowest BCUT2D eigenvalue weighted by Gasteiger charge is -2.48. The third kappa shape index (κ3) is 4.91. The van der Waals surface area contributed by atoms with Gasteiger partial charge in [0.2, 0.25) is 0 Å². The van der Waals surface area contributed by atoms with Gasteiger partial charge in [0.25, 0.3) is 0 Å². The van der Waals surface area contributed by atoms with E-state index in [0.717, 1.165) is 5.92 Å². The van der Waals surface area contributed by atoms with E-state index in [4.69, 9.17) is 0 Å². The van der Waals surface area contributed by atoms with E-state index in [2.05, 4.69) is 173 Å². The minimum Gasteiger partial charge on any atom is -0.309 e. The summed E-state index contributed by atoms with van der Waals surface area (Å²) in [7, 11) is 0. The highest BCUT2D eigenvalue weighted by Crippen LogP contribution is 2.58. The zero-order chi connectivity index (χ0) is 34.9. The van der Waals surface area contributed by atoms with Gasteiger partial charge >= 0.3 is 0 Å². The van der Waals surface area contributed by atoms with Gasteiger partial charge in [-0.25, -0.2) is 0 Å². The number of hydrogen-bond donors (Lipinski definition) is 0. The number of hydrogen-bond acceptors (Lipinski definition) is 2. The first-order valence-electron chi connectivity index (χ1n) is 19.2. The minimum atomic E-state index is 0.275. The van der Waals surface area contributed by atoms with Crippen LogP contribution in [-0.2, 0) is 5.41 Å². The van der Waals surface area contributed by atoms with E-state index in [0.29, 0.717) is 0 Å². The Balaban J connectivity index is 1.05. The van der Waals surface area contributed by atoms with Gasteiger partial charge in [-0.3, -0.25) is 0 Å². The normalized spacial score (nSPS) is 18.4. The molecule has 0 amide bonds. The molecule has 0 aliphatic heterocycles. The van der Waals surface area contributed by atoms with Crippen molar-refractivity contribution >= 4 is 70.4 Å². The maximum atomic E-state index is 2.58. The second kappa shape index (κ2) is 12.2. The van der Waals surface area contributed by atoms with E-state index in [9.17, 15) is 0 Å². The molecule has 3 saturated carbocycles. The first-order valence-corrected chi connectivity index (χ1v) is 20.0. The molecule has 0 atom stereocenters. The lowest BCUT2D eigenvalue weighted by Crippen LogP contribution is -2.40. The first-order chi connectivity index (χ1) is 26.2. The Labute approximate surface area is 314 Å². The molecule has 256 valence electrons. The number of thiophene rings is 1. The summed E-state index contributed by atoms with van der Waals surface area (Å²) in [6.45, 7) is 0. The van der Waals surface area contributed by atoms with Crippen molar-refractivity contribution in [1.29, 1.82) is 0 Å². The fraction of sp³-hybridized carbons (Fsp3) is 0.160. The first kappa shape index (κ1) is 30.9. The number of benzene rings is 7. The summed E-state index contributed by atoms with van der Waals surface area (Å²) in [5.41, 5.74) is 11.7. The number of para-hydroxylation sites is 3. The Bertz CT molecular complexity index is 2760. The highest BCUT2D eigenvalue weighted by atomic mass is 32.1. The van der Waals surface area contributed by atoms with E-state index in [1.54, 1.807) is 0 Å². The monoisotopic (exact) mass is 700 g/mol. The van der Waals surface area contributed by atoms with Gasteiger partial charge < -0.3 is 9.47 Å². The molecule has 2 nitrogen and oxygen atoms in total. The maximum absolute atomic E-state index is 2.58. The zero-order valence-corrected chi connectivity index (χ0v) is 30.5. The molecule has 2 aromatic heterocycles. The number of nitrogens with zero attached hydrogens (tertiary/aromatic N) is 2. The van der Waals surface area contributed by atoms with Gasteiger partial charge in [-0.2, -0.15) is 0 Å². The van der Waals surface area contributed by atoms with Crippen LogP contribution in [0.4, 0.5) is 17.1 Å². The average molecular weight is 701 g/mol. The lowest BCUT2D eigenvalue weighted by molar-refractivity contribution is 0.147. The summed E-state index contributed by atoms with van der Waals surface area (Å²) in [6.07, 6.45) is 8.05. The van der Waals surface area contributed by atoms with Crippen molar-refractivity contribution in [2.75, 3.05) is 4.90 Å². The van der Waals surface area contributed by atoms with E-state index >= 15 is 0 Å². The third-order valence-corrected chi connectivity index (χ3v) is 13.6. The van der Waals surface area contributed by atoms with Crippen molar-refractivity contribution in [3.05, 3.63) is 169 Å². The highest BCUT2D eigenvalue weighted by Gasteiger charge is 2.47. The molecule has 3 fully saturated rings. The number of aromatic nitrogens is 1. The predicted octanol–water partition coefficient (Wildman–Crippen LogP) is 14.5. The van der Waals surface area contributed by atoms with Crippen LogP contribution in [0.5, 0.6) is 0 Å². The molecule has 7 aromatic carbocycles. The van der Waals surface area contributed by atoms with Gasteiger partial charge in [-0.15, -0.1) is 11.3 Å². The largest absolute Gasteiger partial charge is 0.309 e. The van der Waals surface area contributed by atoms with Crippen molar-refractivity contribution in [2.45, 2.75) is 43.9 Å². The Hall–Kier alpha value is -5.64.